The van der Waals surface area contributed by atoms with Crippen LogP contribution in [0.5, 0.6) is 0 Å². The van der Waals surface area contributed by atoms with Gasteiger partial charge in [0.2, 0.25) is 5.91 Å². The molecule has 168 valence electrons. The predicted molar refractivity (Wildman–Crippen MR) is 125 cm³/mol. The maximum absolute atomic E-state index is 13.0. The molecule has 1 aliphatic carbocycles. The van der Waals surface area contributed by atoms with Gasteiger partial charge in [-0.15, -0.1) is 0 Å². The standard InChI is InChI=1S/C22H18ClN5O4S/c23-12-4-5-17(33)15(8-12)20(30)27-16-3-1-2-14-19(16)22(32)28(21(14)31)10-18(29)25-7-6-13-9-24-11-26-13/h1-4,8-9,11H,5-7,10H2,(H,24,26)(H,25,29)(H,27,30). The van der Waals surface area contributed by atoms with Gasteiger partial charge in [0.05, 0.1) is 28.7 Å². The molecule has 3 N–H and O–H groups in total. The minimum absolute atomic E-state index is 0.0325. The number of halogens is 1. The van der Waals surface area contributed by atoms with Crippen molar-refractivity contribution in [3.8, 4) is 0 Å². The second kappa shape index (κ2) is 9.47. The summed E-state index contributed by atoms with van der Waals surface area (Å²) in [6.07, 6.45) is 7.23. The molecular formula is C22H18ClN5O4S. The molecule has 0 spiro atoms. The average molecular weight is 484 g/mol. The number of carbonyl (C=O) groups is 4. The third-order valence-corrected chi connectivity index (χ3v) is 5.78. The van der Waals surface area contributed by atoms with Crippen LogP contribution in [0.4, 0.5) is 5.69 Å². The number of hydrogen-bond acceptors (Lipinski definition) is 6. The maximum atomic E-state index is 13.0. The predicted octanol–water partition coefficient (Wildman–Crippen LogP) is 2.13. The van der Waals surface area contributed by atoms with Gasteiger partial charge in [-0.1, -0.05) is 36.0 Å². The minimum Gasteiger partial charge on any atom is -0.354 e. The van der Waals surface area contributed by atoms with Crippen LogP contribution in [0.1, 0.15) is 32.8 Å². The number of carbonyl (C=O) groups excluding carboxylic acids is 4. The van der Waals surface area contributed by atoms with E-state index in [1.54, 1.807) is 18.3 Å². The zero-order valence-corrected chi connectivity index (χ0v) is 18.8. The van der Waals surface area contributed by atoms with Crippen LogP contribution in [-0.4, -0.2) is 56.5 Å². The van der Waals surface area contributed by atoms with Gasteiger partial charge in [-0.2, -0.15) is 0 Å². The number of nitrogens with zero attached hydrogens (tertiary/aromatic N) is 2. The lowest BCUT2D eigenvalue weighted by Crippen LogP contribution is -2.41. The molecule has 0 atom stereocenters. The number of nitrogens with one attached hydrogen (secondary N) is 3. The van der Waals surface area contributed by atoms with Gasteiger partial charge in [-0.05, 0) is 18.2 Å². The highest BCUT2D eigenvalue weighted by atomic mass is 35.5. The highest BCUT2D eigenvalue weighted by molar-refractivity contribution is 7.81. The lowest BCUT2D eigenvalue weighted by atomic mass is 10.0. The first-order valence-electron chi connectivity index (χ1n) is 10.00. The fraction of sp³-hybridized carbons (Fsp3) is 0.182. The zero-order chi connectivity index (χ0) is 23.5. The summed E-state index contributed by atoms with van der Waals surface area (Å²) in [5, 5.41) is 5.71. The Balaban J connectivity index is 1.45. The topological polar surface area (TPSA) is 124 Å². The molecule has 1 aromatic carbocycles. The lowest BCUT2D eigenvalue weighted by molar-refractivity contribution is -0.121. The summed E-state index contributed by atoms with van der Waals surface area (Å²) in [5.41, 5.74) is 1.37. The van der Waals surface area contributed by atoms with E-state index in [-0.39, 0.29) is 22.4 Å². The van der Waals surface area contributed by atoms with Gasteiger partial charge < -0.3 is 15.6 Å². The number of H-pyrrole nitrogens is 1. The van der Waals surface area contributed by atoms with Crippen molar-refractivity contribution in [1.29, 1.82) is 0 Å². The Labute approximate surface area is 198 Å². The molecule has 4 rings (SSSR count). The molecular weight excluding hydrogens is 466 g/mol. The summed E-state index contributed by atoms with van der Waals surface area (Å²) < 4.78 is 0. The molecule has 1 aliphatic heterocycles. The monoisotopic (exact) mass is 483 g/mol. The van der Waals surface area contributed by atoms with Gasteiger partial charge in [0.15, 0.2) is 0 Å². The number of amides is 4. The number of allylic oxidation sites excluding steroid dienone is 3. The van der Waals surface area contributed by atoms with Crippen molar-refractivity contribution in [1.82, 2.24) is 20.2 Å². The normalized spacial score (nSPS) is 15.2. The number of aromatic nitrogens is 2. The molecule has 11 heteroatoms. The van der Waals surface area contributed by atoms with E-state index in [1.807, 2.05) is 0 Å². The minimum atomic E-state index is -0.659. The first-order valence-corrected chi connectivity index (χ1v) is 10.8. The SMILES string of the molecule is O=C(CN1C(=O)c2cccc(NC(=O)C3=CC(Cl)=CCC3=S)c2C1=O)NCCc1cnc[nH]1. The largest absolute Gasteiger partial charge is 0.354 e. The Kier molecular flexibility index (Phi) is 6.47. The Morgan fingerprint density at radius 3 is 2.82 bits per heavy atom. The number of imide groups is 1. The van der Waals surface area contributed by atoms with Crippen molar-refractivity contribution in [3.05, 3.63) is 70.3 Å². The van der Waals surface area contributed by atoms with E-state index in [0.29, 0.717) is 29.3 Å². The van der Waals surface area contributed by atoms with E-state index in [2.05, 4.69) is 20.6 Å². The Hall–Kier alpha value is -3.63. The van der Waals surface area contributed by atoms with E-state index in [0.717, 1.165) is 10.6 Å². The Morgan fingerprint density at radius 1 is 1.24 bits per heavy atom. The zero-order valence-electron chi connectivity index (χ0n) is 17.2. The maximum Gasteiger partial charge on any atom is 0.264 e. The first-order chi connectivity index (χ1) is 15.8. The summed E-state index contributed by atoms with van der Waals surface area (Å²) in [6.45, 7) is -0.115. The van der Waals surface area contributed by atoms with E-state index in [4.69, 9.17) is 23.8 Å². The number of benzene rings is 1. The number of fused-ring (bicyclic) bond motifs is 1. The number of aromatic amines is 1. The molecule has 1 aromatic heterocycles. The number of anilines is 1. The van der Waals surface area contributed by atoms with Crippen LogP contribution in [0.15, 0.2) is 53.5 Å². The molecule has 2 aliphatic rings. The summed E-state index contributed by atoms with van der Waals surface area (Å²) in [4.78, 5) is 58.9. The van der Waals surface area contributed by atoms with Crippen molar-refractivity contribution in [2.45, 2.75) is 12.8 Å². The van der Waals surface area contributed by atoms with Crippen molar-refractivity contribution in [3.63, 3.8) is 0 Å². The number of hydrogen-bond donors (Lipinski definition) is 3. The van der Waals surface area contributed by atoms with Gasteiger partial charge >= 0.3 is 0 Å². The fourth-order valence-corrected chi connectivity index (χ4v) is 3.92. The van der Waals surface area contributed by atoms with E-state index < -0.39 is 30.2 Å². The van der Waals surface area contributed by atoms with E-state index in [9.17, 15) is 19.2 Å². The van der Waals surface area contributed by atoms with Crippen molar-refractivity contribution < 1.29 is 19.2 Å². The molecule has 2 aromatic rings. The summed E-state index contributed by atoms with van der Waals surface area (Å²) in [7, 11) is 0. The quantitative estimate of drug-likeness (QED) is 0.409. The van der Waals surface area contributed by atoms with Gasteiger partial charge in [-0.3, -0.25) is 24.1 Å². The molecule has 0 radical (unpaired) electrons. The third-order valence-electron chi connectivity index (χ3n) is 5.13. The van der Waals surface area contributed by atoms with Gasteiger partial charge in [0.25, 0.3) is 17.7 Å². The Bertz CT molecular complexity index is 1240. The molecule has 0 saturated carbocycles. The molecule has 2 heterocycles. The molecule has 0 unspecified atom stereocenters. The van der Waals surface area contributed by atoms with Crippen LogP contribution in [0.25, 0.3) is 0 Å². The Morgan fingerprint density at radius 2 is 2.06 bits per heavy atom. The fourth-order valence-electron chi connectivity index (χ4n) is 3.50. The van der Waals surface area contributed by atoms with Crippen LogP contribution < -0.4 is 10.6 Å². The number of rotatable bonds is 7. The van der Waals surface area contributed by atoms with E-state index >= 15 is 0 Å². The van der Waals surface area contributed by atoms with Crippen molar-refractivity contribution >= 4 is 58.0 Å². The third kappa shape index (κ3) is 4.76. The van der Waals surface area contributed by atoms with Crippen LogP contribution in [-0.2, 0) is 16.0 Å². The van der Waals surface area contributed by atoms with Crippen LogP contribution >= 0.6 is 23.8 Å². The highest BCUT2D eigenvalue weighted by Gasteiger charge is 2.39. The van der Waals surface area contributed by atoms with Gasteiger partial charge in [0, 0.05) is 41.2 Å². The van der Waals surface area contributed by atoms with Crippen molar-refractivity contribution in [2.75, 3.05) is 18.4 Å². The smallest absolute Gasteiger partial charge is 0.264 e. The van der Waals surface area contributed by atoms with Gasteiger partial charge in [0.1, 0.15) is 6.54 Å². The molecule has 4 amide bonds. The molecule has 0 saturated heterocycles. The summed E-state index contributed by atoms with van der Waals surface area (Å²) in [5.74, 6) is -2.27. The highest BCUT2D eigenvalue weighted by Crippen LogP contribution is 2.30. The second-order valence-corrected chi connectivity index (χ2v) is 8.26. The second-order valence-electron chi connectivity index (χ2n) is 7.33. The first kappa shape index (κ1) is 22.6. The van der Waals surface area contributed by atoms with E-state index in [1.165, 1.54) is 24.5 Å². The molecule has 9 nitrogen and oxygen atoms in total. The van der Waals surface area contributed by atoms with Crippen LogP contribution in [0, 0.1) is 0 Å². The van der Waals surface area contributed by atoms with Crippen LogP contribution in [0.2, 0.25) is 0 Å². The van der Waals surface area contributed by atoms with Crippen molar-refractivity contribution in [2.24, 2.45) is 0 Å². The van der Waals surface area contributed by atoms with Gasteiger partial charge in [-0.25, -0.2) is 4.98 Å². The molecule has 33 heavy (non-hydrogen) atoms. The molecule has 0 fully saturated rings. The summed E-state index contributed by atoms with van der Waals surface area (Å²) >= 11 is 11.2. The lowest BCUT2D eigenvalue weighted by Gasteiger charge is -2.15. The molecule has 0 bridgehead atoms. The number of imidazole rings is 1. The summed E-state index contributed by atoms with van der Waals surface area (Å²) in [6, 6.07) is 4.54. The number of thiocarbonyl (C=S) groups is 1. The average Bonchev–Trinajstić information content (AvgIpc) is 3.39. The van der Waals surface area contributed by atoms with Crippen LogP contribution in [0.3, 0.4) is 0 Å².